The molecular weight excluding hydrogens is 522 g/mol. The van der Waals surface area contributed by atoms with Gasteiger partial charge in [-0.15, -0.1) is 0 Å². The van der Waals surface area contributed by atoms with Gasteiger partial charge in [-0.1, -0.05) is 42.5 Å². The van der Waals surface area contributed by atoms with E-state index in [1.165, 1.54) is 11.3 Å². The van der Waals surface area contributed by atoms with Gasteiger partial charge in [-0.3, -0.25) is 4.79 Å². The Morgan fingerprint density at radius 2 is 1.67 bits per heavy atom. The lowest BCUT2D eigenvalue weighted by atomic mass is 9.99. The number of pyridine rings is 1. The minimum Gasteiger partial charge on any atom is -0.487 e. The van der Waals surface area contributed by atoms with Gasteiger partial charge in [0.15, 0.2) is 0 Å². The Labute approximate surface area is 247 Å². The fourth-order valence-corrected chi connectivity index (χ4v) is 5.65. The van der Waals surface area contributed by atoms with Crippen molar-refractivity contribution >= 4 is 22.6 Å². The normalized spacial score (nSPS) is 13.9. The van der Waals surface area contributed by atoms with Crippen LogP contribution in [0.5, 0.6) is 5.75 Å². The number of nitrogens with one attached hydrogen (secondary N) is 1. The van der Waals surface area contributed by atoms with E-state index in [4.69, 9.17) is 9.72 Å². The Bertz CT molecular complexity index is 1700. The molecule has 0 aliphatic carbocycles. The van der Waals surface area contributed by atoms with Crippen LogP contribution in [0.4, 0.5) is 5.69 Å². The maximum Gasteiger partial charge on any atom is 0.253 e. The average molecular weight is 560 g/mol. The van der Waals surface area contributed by atoms with Crippen LogP contribution in [0.3, 0.4) is 0 Å². The summed E-state index contributed by atoms with van der Waals surface area (Å²) >= 11 is 0. The molecule has 0 bridgehead atoms. The van der Waals surface area contributed by atoms with Crippen LogP contribution in [-0.2, 0) is 6.61 Å². The number of anilines is 1. The first-order valence-electron chi connectivity index (χ1n) is 14.4. The number of ether oxygens (including phenoxy) is 1. The highest BCUT2D eigenvalue weighted by Gasteiger charge is 2.22. The highest BCUT2D eigenvalue weighted by Crippen LogP contribution is 2.39. The highest BCUT2D eigenvalue weighted by molar-refractivity contribution is 5.98. The van der Waals surface area contributed by atoms with Crippen molar-refractivity contribution < 1.29 is 9.53 Å². The molecule has 6 rings (SSSR count). The number of hydrogen-bond donors (Lipinski definition) is 1. The molecule has 1 N–H and O–H groups in total. The number of amides is 1. The number of piperazine rings is 1. The lowest BCUT2D eigenvalue weighted by molar-refractivity contribution is 0.0827. The van der Waals surface area contributed by atoms with Crippen molar-refractivity contribution in [2.24, 2.45) is 0 Å². The maximum atomic E-state index is 12.4. The smallest absolute Gasteiger partial charge is 0.253 e. The van der Waals surface area contributed by atoms with Crippen LogP contribution in [0.1, 0.15) is 21.5 Å². The number of carbonyl (C=O) groups excluding carboxylic acids is 1. The lowest BCUT2D eigenvalue weighted by Gasteiger charge is -2.36. The van der Waals surface area contributed by atoms with Crippen LogP contribution in [0.15, 0.2) is 85.2 Å². The maximum absolute atomic E-state index is 12.4. The third kappa shape index (κ3) is 5.60. The zero-order chi connectivity index (χ0) is 29.2. The van der Waals surface area contributed by atoms with Crippen molar-refractivity contribution in [1.82, 2.24) is 19.8 Å². The van der Waals surface area contributed by atoms with E-state index in [1.54, 1.807) is 19.0 Å². The minimum absolute atomic E-state index is 0.00916. The second kappa shape index (κ2) is 11.7. The molecule has 0 unspecified atom stereocenters. The number of benzene rings is 3. The van der Waals surface area contributed by atoms with Gasteiger partial charge < -0.3 is 24.4 Å². The SMILES string of the molecule is Cc1cc(-c2cnc3[nH]cc(-c4ccc(C(=O)N(C)C)cc4)c3c2)cc(OCc2ccccc2)c1N1CCN(C)CC1. The van der Waals surface area contributed by atoms with Crippen molar-refractivity contribution in [3.8, 4) is 28.0 Å². The number of hydrogen-bond acceptors (Lipinski definition) is 5. The summed E-state index contributed by atoms with van der Waals surface area (Å²) < 4.78 is 6.55. The van der Waals surface area contributed by atoms with Crippen molar-refractivity contribution in [1.29, 1.82) is 0 Å². The number of aromatic amines is 1. The van der Waals surface area contributed by atoms with E-state index in [2.05, 4.69) is 59.1 Å². The largest absolute Gasteiger partial charge is 0.487 e. The molecule has 5 aromatic rings. The van der Waals surface area contributed by atoms with Crippen LogP contribution in [0.2, 0.25) is 0 Å². The molecule has 2 aromatic heterocycles. The molecule has 0 saturated carbocycles. The van der Waals surface area contributed by atoms with Gasteiger partial charge in [-0.05, 0) is 66.6 Å². The number of aromatic nitrogens is 2. The molecule has 3 heterocycles. The summed E-state index contributed by atoms with van der Waals surface area (Å²) in [4.78, 5) is 26.9. The molecule has 1 fully saturated rings. The van der Waals surface area contributed by atoms with Crippen molar-refractivity contribution in [3.63, 3.8) is 0 Å². The van der Waals surface area contributed by atoms with Gasteiger partial charge in [0.2, 0.25) is 0 Å². The Morgan fingerprint density at radius 1 is 0.929 bits per heavy atom. The van der Waals surface area contributed by atoms with Gasteiger partial charge in [0.25, 0.3) is 5.91 Å². The van der Waals surface area contributed by atoms with E-state index in [-0.39, 0.29) is 5.91 Å². The second-order valence-electron chi connectivity index (χ2n) is 11.3. The molecule has 0 spiro atoms. The van der Waals surface area contributed by atoms with Crippen LogP contribution >= 0.6 is 0 Å². The molecule has 1 amide bonds. The van der Waals surface area contributed by atoms with E-state index in [0.717, 1.165) is 70.8 Å². The van der Waals surface area contributed by atoms with Crippen molar-refractivity contribution in [2.75, 3.05) is 52.2 Å². The minimum atomic E-state index is -0.00916. The first-order chi connectivity index (χ1) is 20.4. The predicted octanol–water partition coefficient (Wildman–Crippen LogP) is 6.24. The van der Waals surface area contributed by atoms with Gasteiger partial charge in [0, 0.05) is 74.7 Å². The molecule has 42 heavy (non-hydrogen) atoms. The van der Waals surface area contributed by atoms with E-state index in [0.29, 0.717) is 12.2 Å². The number of nitrogens with zero attached hydrogens (tertiary/aromatic N) is 4. The highest BCUT2D eigenvalue weighted by atomic mass is 16.5. The summed E-state index contributed by atoms with van der Waals surface area (Å²) in [5.74, 6) is 0.888. The zero-order valence-corrected chi connectivity index (χ0v) is 24.7. The van der Waals surface area contributed by atoms with Gasteiger partial charge in [-0.2, -0.15) is 0 Å². The number of H-pyrrole nitrogens is 1. The third-order valence-corrected chi connectivity index (χ3v) is 8.04. The van der Waals surface area contributed by atoms with Crippen LogP contribution < -0.4 is 9.64 Å². The Balaban J connectivity index is 1.37. The molecule has 1 saturated heterocycles. The van der Waals surface area contributed by atoms with Crippen molar-refractivity contribution in [3.05, 3.63) is 102 Å². The third-order valence-electron chi connectivity index (χ3n) is 8.04. The molecule has 3 aromatic carbocycles. The summed E-state index contributed by atoms with van der Waals surface area (Å²) in [6.07, 6.45) is 3.91. The standard InChI is InChI=1S/C35H37N5O2/c1-24-18-28(20-32(42-23-25-8-6-5-7-9-25)33(24)40-16-14-39(4)15-17-40)29-19-30-31(22-37-34(30)36-21-29)26-10-12-27(13-11-26)35(41)38(2)3/h5-13,18-22H,14-17,23H2,1-4H3,(H,36,37). The number of fused-ring (bicyclic) bond motifs is 1. The van der Waals surface area contributed by atoms with E-state index >= 15 is 0 Å². The van der Waals surface area contributed by atoms with E-state index in [9.17, 15) is 4.79 Å². The molecular formula is C35H37N5O2. The quantitative estimate of drug-likeness (QED) is 0.256. The monoisotopic (exact) mass is 559 g/mol. The Kier molecular flexibility index (Phi) is 7.68. The Morgan fingerprint density at radius 3 is 2.38 bits per heavy atom. The topological polar surface area (TPSA) is 64.7 Å². The van der Waals surface area contributed by atoms with Gasteiger partial charge >= 0.3 is 0 Å². The average Bonchev–Trinajstić information content (AvgIpc) is 3.44. The summed E-state index contributed by atoms with van der Waals surface area (Å²) in [5.41, 5.74) is 9.18. The number of carbonyl (C=O) groups is 1. The molecule has 1 aliphatic heterocycles. The first kappa shape index (κ1) is 27.5. The summed E-state index contributed by atoms with van der Waals surface area (Å²) in [6.45, 7) is 6.68. The molecule has 214 valence electrons. The predicted molar refractivity (Wildman–Crippen MR) is 170 cm³/mol. The molecule has 7 heteroatoms. The van der Waals surface area contributed by atoms with Crippen molar-refractivity contribution in [2.45, 2.75) is 13.5 Å². The van der Waals surface area contributed by atoms with E-state index < -0.39 is 0 Å². The second-order valence-corrected chi connectivity index (χ2v) is 11.3. The fourth-order valence-electron chi connectivity index (χ4n) is 5.65. The van der Waals surface area contributed by atoms with E-state index in [1.807, 2.05) is 54.9 Å². The van der Waals surface area contributed by atoms with Gasteiger partial charge in [0.1, 0.15) is 18.0 Å². The molecule has 1 aliphatic rings. The Hall–Kier alpha value is -4.62. The van der Waals surface area contributed by atoms with Gasteiger partial charge in [0.05, 0.1) is 5.69 Å². The van der Waals surface area contributed by atoms with Crippen LogP contribution in [0.25, 0.3) is 33.3 Å². The summed E-state index contributed by atoms with van der Waals surface area (Å²) in [7, 11) is 5.71. The zero-order valence-electron chi connectivity index (χ0n) is 24.7. The molecule has 0 atom stereocenters. The molecule has 0 radical (unpaired) electrons. The van der Waals surface area contributed by atoms with Gasteiger partial charge in [-0.25, -0.2) is 4.98 Å². The lowest BCUT2D eigenvalue weighted by Crippen LogP contribution is -2.44. The fraction of sp³-hybridized carbons (Fsp3) is 0.257. The summed E-state index contributed by atoms with van der Waals surface area (Å²) in [5, 5.41) is 1.03. The van der Waals surface area contributed by atoms with Crippen LogP contribution in [0, 0.1) is 6.92 Å². The summed E-state index contributed by atoms with van der Waals surface area (Å²) in [6, 6.07) is 24.7. The number of aryl methyl sites for hydroxylation is 1. The first-order valence-corrected chi connectivity index (χ1v) is 14.4. The number of likely N-dealkylation sites (N-methyl/N-ethyl adjacent to an activating group) is 1. The number of rotatable bonds is 7. The van der Waals surface area contributed by atoms with Crippen LogP contribution in [-0.4, -0.2) is 73.0 Å². The molecule has 7 nitrogen and oxygen atoms in total.